The number of aromatic nitrogens is 6. The molecular weight excluding hydrogens is 406 g/mol. The van der Waals surface area contributed by atoms with E-state index in [0.29, 0.717) is 35.5 Å². The number of benzene rings is 1. The maximum atomic E-state index is 13.1. The minimum atomic E-state index is -0.315. The van der Waals surface area contributed by atoms with Gasteiger partial charge in [0, 0.05) is 18.3 Å². The Bertz CT molecular complexity index is 1320. The number of fused-ring (bicyclic) bond motifs is 3. The van der Waals surface area contributed by atoms with Gasteiger partial charge in [0.2, 0.25) is 0 Å². The van der Waals surface area contributed by atoms with E-state index < -0.39 is 0 Å². The molecule has 0 radical (unpaired) electrons. The highest BCUT2D eigenvalue weighted by atomic mass is 16.5. The summed E-state index contributed by atoms with van der Waals surface area (Å²) >= 11 is 0. The quantitative estimate of drug-likeness (QED) is 0.534. The minimum absolute atomic E-state index is 0.0741. The van der Waals surface area contributed by atoms with Crippen molar-refractivity contribution in [1.29, 1.82) is 0 Å². The molecule has 6 rings (SSSR count). The van der Waals surface area contributed by atoms with E-state index in [1.54, 1.807) is 24.9 Å². The highest BCUT2D eigenvalue weighted by Gasteiger charge is 2.26. The lowest BCUT2D eigenvalue weighted by Crippen LogP contribution is -2.16. The lowest BCUT2D eigenvalue weighted by molar-refractivity contribution is 0.102. The predicted octanol–water partition coefficient (Wildman–Crippen LogP) is 3.61. The molecule has 0 spiro atoms. The Balaban J connectivity index is 1.29. The van der Waals surface area contributed by atoms with Gasteiger partial charge in [-0.15, -0.1) is 10.2 Å². The molecule has 1 atom stereocenters. The van der Waals surface area contributed by atoms with Crippen LogP contribution in [0.3, 0.4) is 0 Å². The molecule has 0 bridgehead atoms. The van der Waals surface area contributed by atoms with Crippen LogP contribution in [0.1, 0.15) is 47.9 Å². The molecule has 3 aromatic heterocycles. The number of para-hydroxylation sites is 1. The molecule has 1 saturated carbocycles. The summed E-state index contributed by atoms with van der Waals surface area (Å²) in [5, 5.41) is 11.2. The van der Waals surface area contributed by atoms with Gasteiger partial charge in [0.25, 0.3) is 5.91 Å². The van der Waals surface area contributed by atoms with Crippen LogP contribution >= 0.6 is 0 Å². The molecule has 1 aromatic carbocycles. The van der Waals surface area contributed by atoms with Gasteiger partial charge in [0.15, 0.2) is 11.6 Å². The molecule has 2 aliphatic rings. The number of anilines is 1. The molecule has 1 amide bonds. The molecule has 0 saturated heterocycles. The zero-order valence-electron chi connectivity index (χ0n) is 17.5. The number of nitrogens with zero attached hydrogens (tertiary/aromatic N) is 6. The van der Waals surface area contributed by atoms with E-state index in [2.05, 4.69) is 25.5 Å². The second-order valence-electron chi connectivity index (χ2n) is 8.24. The normalized spacial score (nSPS) is 17.1. The summed E-state index contributed by atoms with van der Waals surface area (Å²) in [5.74, 6) is 1.56. The first-order chi connectivity index (χ1) is 15.7. The maximum Gasteiger partial charge on any atom is 0.274 e. The van der Waals surface area contributed by atoms with Crippen LogP contribution in [0.15, 0.2) is 55.4 Å². The van der Waals surface area contributed by atoms with Gasteiger partial charge in [-0.2, -0.15) is 0 Å². The molecular formula is C23H21N7O2. The molecule has 160 valence electrons. The smallest absolute Gasteiger partial charge is 0.274 e. The molecule has 1 aliphatic carbocycles. The summed E-state index contributed by atoms with van der Waals surface area (Å²) in [5.41, 5.74) is 3.61. The van der Waals surface area contributed by atoms with Gasteiger partial charge in [-0.05, 0) is 44.0 Å². The van der Waals surface area contributed by atoms with Crippen molar-refractivity contribution < 1.29 is 9.53 Å². The van der Waals surface area contributed by atoms with Crippen molar-refractivity contribution in [1.82, 2.24) is 29.3 Å². The average molecular weight is 427 g/mol. The van der Waals surface area contributed by atoms with Crippen LogP contribution < -0.4 is 10.1 Å². The Hall–Kier alpha value is -4.01. The number of hydrogen-bond acceptors (Lipinski definition) is 6. The average Bonchev–Trinajstić information content (AvgIpc) is 3.37. The third-order valence-corrected chi connectivity index (χ3v) is 5.89. The van der Waals surface area contributed by atoms with Crippen LogP contribution in [0.5, 0.6) is 5.75 Å². The molecule has 32 heavy (non-hydrogen) atoms. The molecule has 0 unspecified atom stereocenters. The monoisotopic (exact) mass is 427 g/mol. The fraction of sp³-hybridized carbons (Fsp3) is 0.261. The molecule has 9 heteroatoms. The van der Waals surface area contributed by atoms with Gasteiger partial charge < -0.3 is 19.2 Å². The number of hydrogen-bond donors (Lipinski definition) is 1. The molecule has 9 nitrogen and oxygen atoms in total. The van der Waals surface area contributed by atoms with Crippen LogP contribution in [-0.4, -0.2) is 41.8 Å². The van der Waals surface area contributed by atoms with Crippen LogP contribution in [0, 0.1) is 0 Å². The third kappa shape index (κ3) is 3.22. The Labute approximate surface area is 184 Å². The second-order valence-corrected chi connectivity index (χ2v) is 8.24. The van der Waals surface area contributed by atoms with E-state index in [1.807, 2.05) is 46.5 Å². The standard InChI is InChI=1S/C23H21N7O2/c1-14-11-32-21-17(22-28-26-13-30(14)22)3-2-4-18(21)27-23(31)19-9-16(7-8-24-19)29-10-20(25-12-29)15-5-6-15/h2-4,7-10,12-15H,5-6,11H2,1H3,(H,27,31)/t14-/m1/s1. The van der Waals surface area contributed by atoms with Crippen molar-refractivity contribution in [2.75, 3.05) is 11.9 Å². The highest BCUT2D eigenvalue weighted by Crippen LogP contribution is 2.40. The number of carbonyl (C=O) groups excluding carboxylic acids is 1. The zero-order chi connectivity index (χ0) is 21.7. The third-order valence-electron chi connectivity index (χ3n) is 5.89. The van der Waals surface area contributed by atoms with Crippen molar-refractivity contribution in [2.45, 2.75) is 31.7 Å². The van der Waals surface area contributed by atoms with Gasteiger partial charge in [0.1, 0.15) is 18.6 Å². The highest BCUT2D eigenvalue weighted by molar-refractivity contribution is 6.04. The first-order valence-electron chi connectivity index (χ1n) is 10.6. The Kier molecular flexibility index (Phi) is 4.27. The number of ether oxygens (including phenoxy) is 1. The van der Waals surface area contributed by atoms with Crippen molar-refractivity contribution in [3.05, 3.63) is 66.8 Å². The number of rotatable bonds is 4. The van der Waals surface area contributed by atoms with E-state index in [0.717, 1.165) is 16.9 Å². The fourth-order valence-electron chi connectivity index (χ4n) is 3.97. The zero-order valence-corrected chi connectivity index (χ0v) is 17.5. The first-order valence-corrected chi connectivity index (χ1v) is 10.6. The van der Waals surface area contributed by atoms with Crippen LogP contribution in [0.4, 0.5) is 5.69 Å². The summed E-state index contributed by atoms with van der Waals surface area (Å²) in [6.45, 7) is 2.49. The number of nitrogens with one attached hydrogen (secondary N) is 1. The molecule has 1 N–H and O–H groups in total. The maximum absolute atomic E-state index is 13.1. The Morgan fingerprint density at radius 1 is 1.19 bits per heavy atom. The van der Waals surface area contributed by atoms with Gasteiger partial charge >= 0.3 is 0 Å². The summed E-state index contributed by atoms with van der Waals surface area (Å²) in [6, 6.07) is 9.29. The number of imidazole rings is 1. The summed E-state index contributed by atoms with van der Waals surface area (Å²) < 4.78 is 9.96. The van der Waals surface area contributed by atoms with E-state index in [9.17, 15) is 4.79 Å². The van der Waals surface area contributed by atoms with E-state index in [-0.39, 0.29) is 11.9 Å². The largest absolute Gasteiger partial charge is 0.488 e. The first kappa shape index (κ1) is 18.7. The second kappa shape index (κ2) is 7.30. The fourth-order valence-corrected chi connectivity index (χ4v) is 3.97. The van der Waals surface area contributed by atoms with Gasteiger partial charge in [-0.25, -0.2) is 4.98 Å². The van der Waals surface area contributed by atoms with Crippen molar-refractivity contribution in [2.24, 2.45) is 0 Å². The predicted molar refractivity (Wildman–Crippen MR) is 117 cm³/mol. The van der Waals surface area contributed by atoms with Crippen molar-refractivity contribution in [3.8, 4) is 22.8 Å². The Morgan fingerprint density at radius 3 is 2.97 bits per heavy atom. The molecule has 1 fully saturated rings. The van der Waals surface area contributed by atoms with Crippen molar-refractivity contribution in [3.63, 3.8) is 0 Å². The van der Waals surface area contributed by atoms with E-state index in [4.69, 9.17) is 4.74 Å². The molecule has 1 aliphatic heterocycles. The lowest BCUT2D eigenvalue weighted by Gasteiger charge is -2.14. The minimum Gasteiger partial charge on any atom is -0.488 e. The van der Waals surface area contributed by atoms with Crippen LogP contribution in [0.25, 0.3) is 17.1 Å². The van der Waals surface area contributed by atoms with Crippen LogP contribution in [0.2, 0.25) is 0 Å². The molecule has 4 heterocycles. The number of amides is 1. The lowest BCUT2D eigenvalue weighted by atomic mass is 10.1. The summed E-state index contributed by atoms with van der Waals surface area (Å²) in [4.78, 5) is 21.8. The summed E-state index contributed by atoms with van der Waals surface area (Å²) in [7, 11) is 0. The topological polar surface area (TPSA) is 99.8 Å². The van der Waals surface area contributed by atoms with Gasteiger partial charge in [0.05, 0.1) is 35.0 Å². The van der Waals surface area contributed by atoms with Gasteiger partial charge in [-0.3, -0.25) is 9.78 Å². The summed E-state index contributed by atoms with van der Waals surface area (Å²) in [6.07, 6.45) is 9.53. The number of pyridine rings is 1. The Morgan fingerprint density at radius 2 is 2.09 bits per heavy atom. The van der Waals surface area contributed by atoms with Crippen LogP contribution in [-0.2, 0) is 0 Å². The SMILES string of the molecule is C[C@@H]1COc2c(NC(=O)c3cc(-n4cnc(C5CC5)c4)ccn3)cccc2-c2nncn21. The van der Waals surface area contributed by atoms with E-state index in [1.165, 1.54) is 12.8 Å². The van der Waals surface area contributed by atoms with Crippen molar-refractivity contribution >= 4 is 11.6 Å². The number of carbonyl (C=O) groups is 1. The molecule has 4 aromatic rings. The van der Waals surface area contributed by atoms with Gasteiger partial charge in [-0.1, -0.05) is 6.07 Å². The van der Waals surface area contributed by atoms with E-state index >= 15 is 0 Å².